The summed E-state index contributed by atoms with van der Waals surface area (Å²) in [5, 5.41) is 5.09. The van der Waals surface area contributed by atoms with E-state index in [0.29, 0.717) is 0 Å². The molecule has 1 aromatic heterocycles. The van der Waals surface area contributed by atoms with Crippen molar-refractivity contribution in [2.75, 3.05) is 12.8 Å². The monoisotopic (exact) mass is 289 g/mol. The van der Waals surface area contributed by atoms with E-state index in [1.165, 1.54) is 11.1 Å². The highest BCUT2D eigenvalue weighted by Gasteiger charge is 2.25. The Bertz CT molecular complexity index is 426. The fourth-order valence-corrected chi connectivity index (χ4v) is 3.44. The first-order valence-electron chi connectivity index (χ1n) is 6.39. The quantitative estimate of drug-likeness (QED) is 0.800. The largest absolute Gasteiger partial charge is 0.313 e. The number of nitrogens with one attached hydrogen (secondary N) is 1. The molecule has 1 rings (SSSR count). The van der Waals surface area contributed by atoms with Crippen LogP contribution in [0.3, 0.4) is 0 Å². The Balaban J connectivity index is 2.60. The molecule has 0 aromatic carbocycles. The van der Waals surface area contributed by atoms with Crippen LogP contribution in [0.2, 0.25) is 0 Å². The molecule has 0 aliphatic rings. The Morgan fingerprint density at radius 1 is 1.44 bits per heavy atom. The van der Waals surface area contributed by atoms with Crippen molar-refractivity contribution in [2.24, 2.45) is 0 Å². The van der Waals surface area contributed by atoms with Crippen molar-refractivity contribution < 1.29 is 8.42 Å². The molecule has 18 heavy (non-hydrogen) atoms. The summed E-state index contributed by atoms with van der Waals surface area (Å²) in [6.45, 7) is 4.76. The van der Waals surface area contributed by atoms with Crippen LogP contribution in [0.1, 0.15) is 31.6 Å². The Morgan fingerprint density at radius 3 is 2.67 bits per heavy atom. The highest BCUT2D eigenvalue weighted by molar-refractivity contribution is 7.91. The van der Waals surface area contributed by atoms with Crippen LogP contribution in [0.15, 0.2) is 17.5 Å². The van der Waals surface area contributed by atoms with Crippen LogP contribution in [0.25, 0.3) is 0 Å². The minimum atomic E-state index is -2.98. The van der Waals surface area contributed by atoms with Gasteiger partial charge in [0.15, 0.2) is 9.84 Å². The van der Waals surface area contributed by atoms with Gasteiger partial charge in [-0.15, -0.1) is 11.3 Å². The molecule has 3 nitrogen and oxygen atoms in total. The van der Waals surface area contributed by atoms with Gasteiger partial charge in [0.2, 0.25) is 0 Å². The van der Waals surface area contributed by atoms with Gasteiger partial charge in [-0.1, -0.05) is 13.0 Å². The lowest BCUT2D eigenvalue weighted by Gasteiger charge is -2.23. The molecule has 0 radical (unpaired) electrons. The molecule has 0 aliphatic heterocycles. The van der Waals surface area contributed by atoms with Gasteiger partial charge in [0.05, 0.1) is 5.25 Å². The van der Waals surface area contributed by atoms with Crippen LogP contribution >= 0.6 is 11.3 Å². The zero-order valence-electron chi connectivity index (χ0n) is 11.3. The zero-order valence-corrected chi connectivity index (χ0v) is 13.0. The predicted molar refractivity (Wildman–Crippen MR) is 79.0 cm³/mol. The second kappa shape index (κ2) is 7.26. The third-order valence-corrected chi connectivity index (χ3v) is 5.80. The fourth-order valence-electron chi connectivity index (χ4n) is 1.88. The van der Waals surface area contributed by atoms with E-state index in [9.17, 15) is 8.42 Å². The fraction of sp³-hybridized carbons (Fsp3) is 0.692. The van der Waals surface area contributed by atoms with E-state index in [0.717, 1.165) is 25.8 Å². The van der Waals surface area contributed by atoms with Crippen LogP contribution in [0.4, 0.5) is 0 Å². The molecular formula is C13H23NO2S2. The number of rotatable bonds is 8. The van der Waals surface area contributed by atoms with Gasteiger partial charge in [-0.25, -0.2) is 8.42 Å². The highest BCUT2D eigenvalue weighted by Crippen LogP contribution is 2.15. The lowest BCUT2D eigenvalue weighted by Crippen LogP contribution is -2.42. The molecule has 0 saturated heterocycles. The Kier molecular flexibility index (Phi) is 6.32. The molecule has 2 unspecified atom stereocenters. The third kappa shape index (κ3) is 5.08. The van der Waals surface area contributed by atoms with Gasteiger partial charge in [-0.2, -0.15) is 0 Å². The number of aryl methyl sites for hydroxylation is 1. The lowest BCUT2D eigenvalue weighted by molar-refractivity contribution is 0.461. The lowest BCUT2D eigenvalue weighted by atomic mass is 10.1. The first-order chi connectivity index (χ1) is 8.45. The second-order valence-electron chi connectivity index (χ2n) is 4.71. The molecule has 0 amide bonds. The second-order valence-corrected chi connectivity index (χ2v) is 8.15. The summed E-state index contributed by atoms with van der Waals surface area (Å²) in [5.41, 5.74) is 0. The Hall–Kier alpha value is -0.390. The summed E-state index contributed by atoms with van der Waals surface area (Å²) in [6, 6.07) is 4.18. The molecule has 1 N–H and O–H groups in total. The van der Waals surface area contributed by atoms with Crippen molar-refractivity contribution in [2.45, 2.75) is 44.4 Å². The van der Waals surface area contributed by atoms with Crippen molar-refractivity contribution >= 4 is 21.2 Å². The number of sulfone groups is 1. The van der Waals surface area contributed by atoms with Crippen molar-refractivity contribution in [3.63, 3.8) is 0 Å². The maximum atomic E-state index is 11.7. The molecule has 0 spiro atoms. The molecule has 1 heterocycles. The minimum absolute atomic E-state index is 0.0436. The van der Waals surface area contributed by atoms with E-state index >= 15 is 0 Å². The highest BCUT2D eigenvalue weighted by atomic mass is 32.2. The summed E-state index contributed by atoms with van der Waals surface area (Å²) in [5.74, 6) is 0. The summed E-state index contributed by atoms with van der Waals surface area (Å²) in [4.78, 5) is 1.32. The molecule has 104 valence electrons. The summed E-state index contributed by atoms with van der Waals surface area (Å²) in [6.07, 6.45) is 4.16. The van der Waals surface area contributed by atoms with E-state index in [2.05, 4.69) is 23.7 Å². The molecule has 0 aliphatic carbocycles. The molecule has 2 atom stereocenters. The topological polar surface area (TPSA) is 46.2 Å². The van der Waals surface area contributed by atoms with Crippen molar-refractivity contribution in [1.29, 1.82) is 0 Å². The molecule has 0 saturated carbocycles. The number of hydrogen-bond acceptors (Lipinski definition) is 4. The summed E-state index contributed by atoms with van der Waals surface area (Å²) in [7, 11) is -2.98. The van der Waals surface area contributed by atoms with E-state index in [1.807, 2.05) is 6.07 Å². The van der Waals surface area contributed by atoms with Crippen molar-refractivity contribution in [3.8, 4) is 0 Å². The summed E-state index contributed by atoms with van der Waals surface area (Å²) < 4.78 is 23.3. The van der Waals surface area contributed by atoms with E-state index in [1.54, 1.807) is 18.3 Å². The average molecular weight is 289 g/mol. The smallest absolute Gasteiger partial charge is 0.151 e. The molecular weight excluding hydrogens is 266 g/mol. The van der Waals surface area contributed by atoms with E-state index in [4.69, 9.17) is 0 Å². The normalized spacial score (nSPS) is 15.5. The maximum Gasteiger partial charge on any atom is 0.151 e. The first-order valence-corrected chi connectivity index (χ1v) is 9.23. The van der Waals surface area contributed by atoms with Gasteiger partial charge < -0.3 is 5.32 Å². The predicted octanol–water partition coefficient (Wildman–Crippen LogP) is 2.48. The zero-order chi connectivity index (χ0) is 13.6. The molecule has 0 fully saturated rings. The van der Waals surface area contributed by atoms with Crippen LogP contribution in [0.5, 0.6) is 0 Å². The molecule has 1 aromatic rings. The maximum absolute atomic E-state index is 11.7. The number of hydrogen-bond donors (Lipinski definition) is 1. The Labute approximate surface area is 115 Å². The van der Waals surface area contributed by atoms with Crippen LogP contribution in [0, 0.1) is 0 Å². The molecule has 5 heteroatoms. The van der Waals surface area contributed by atoms with Gasteiger partial charge in [-0.05, 0) is 44.2 Å². The van der Waals surface area contributed by atoms with Gasteiger partial charge >= 0.3 is 0 Å². The standard InChI is InChI=1S/C13H23NO2S2/c1-4-9-14-13(11(2)18(3,15)16)8-7-12-6-5-10-17-12/h5-6,10-11,13-14H,4,7-9H2,1-3H3. The van der Waals surface area contributed by atoms with Gasteiger partial charge in [0.1, 0.15) is 0 Å². The van der Waals surface area contributed by atoms with Crippen molar-refractivity contribution in [3.05, 3.63) is 22.4 Å². The third-order valence-electron chi connectivity index (χ3n) is 3.18. The average Bonchev–Trinajstić information content (AvgIpc) is 2.80. The van der Waals surface area contributed by atoms with E-state index in [-0.39, 0.29) is 11.3 Å². The van der Waals surface area contributed by atoms with Gasteiger partial charge in [0.25, 0.3) is 0 Å². The van der Waals surface area contributed by atoms with Crippen LogP contribution in [-0.4, -0.2) is 32.5 Å². The summed E-state index contributed by atoms with van der Waals surface area (Å²) >= 11 is 1.73. The van der Waals surface area contributed by atoms with Crippen LogP contribution < -0.4 is 5.32 Å². The van der Waals surface area contributed by atoms with Crippen LogP contribution in [-0.2, 0) is 16.3 Å². The number of thiophene rings is 1. The SMILES string of the molecule is CCCNC(CCc1cccs1)C(C)S(C)(=O)=O. The van der Waals surface area contributed by atoms with Gasteiger partial charge in [0, 0.05) is 17.2 Å². The van der Waals surface area contributed by atoms with Gasteiger partial charge in [-0.3, -0.25) is 0 Å². The Morgan fingerprint density at radius 2 is 2.17 bits per heavy atom. The molecule has 0 bridgehead atoms. The minimum Gasteiger partial charge on any atom is -0.313 e. The van der Waals surface area contributed by atoms with Crippen molar-refractivity contribution in [1.82, 2.24) is 5.32 Å². The first kappa shape index (κ1) is 15.7. The van der Waals surface area contributed by atoms with E-state index < -0.39 is 9.84 Å².